The predicted octanol–water partition coefficient (Wildman–Crippen LogP) is 3.63. The maximum atomic E-state index is 13.0. The lowest BCUT2D eigenvalue weighted by Crippen LogP contribution is -2.33. The monoisotopic (exact) mass is 405 g/mol. The Balaban J connectivity index is 2.31. The molecular formula is C17H16BrN3O2S. The number of primary amides is 1. The van der Waals surface area contributed by atoms with Gasteiger partial charge in [0.05, 0.1) is 11.7 Å². The minimum atomic E-state index is -0.692. The Morgan fingerprint density at radius 1 is 1.42 bits per heavy atom. The third kappa shape index (κ3) is 2.78. The number of halogens is 1. The lowest BCUT2D eigenvalue weighted by molar-refractivity contribution is -0.121. The zero-order valence-corrected chi connectivity index (χ0v) is 15.6. The van der Waals surface area contributed by atoms with Gasteiger partial charge in [-0.05, 0) is 25.0 Å². The topological polar surface area (TPSA) is 78.0 Å². The summed E-state index contributed by atoms with van der Waals surface area (Å²) in [5, 5.41) is 2.45. The number of nitrogens with zero attached hydrogens (tertiary/aromatic N) is 2. The van der Waals surface area contributed by atoms with Crippen LogP contribution in [-0.2, 0) is 4.79 Å². The van der Waals surface area contributed by atoms with Gasteiger partial charge in [-0.3, -0.25) is 14.2 Å². The lowest BCUT2D eigenvalue weighted by atomic mass is 10.0. The van der Waals surface area contributed by atoms with E-state index in [0.717, 1.165) is 21.2 Å². The van der Waals surface area contributed by atoms with E-state index in [1.54, 1.807) is 0 Å². The summed E-state index contributed by atoms with van der Waals surface area (Å²) in [5.74, 6) is -0.533. The fourth-order valence-electron chi connectivity index (χ4n) is 2.75. The SMILES string of the molecule is CCC(C(N)=O)n1cnc2scc(-c3cc(C)ccc3Br)c2c1=O. The van der Waals surface area contributed by atoms with E-state index in [0.29, 0.717) is 16.6 Å². The Morgan fingerprint density at radius 3 is 2.83 bits per heavy atom. The molecule has 24 heavy (non-hydrogen) atoms. The molecule has 2 N–H and O–H groups in total. The number of rotatable bonds is 4. The molecule has 124 valence electrons. The molecule has 0 fully saturated rings. The number of fused-ring (bicyclic) bond motifs is 1. The van der Waals surface area contributed by atoms with Crippen molar-refractivity contribution in [3.63, 3.8) is 0 Å². The van der Waals surface area contributed by atoms with Crippen molar-refractivity contribution in [2.45, 2.75) is 26.3 Å². The summed E-state index contributed by atoms with van der Waals surface area (Å²) in [7, 11) is 0. The molecule has 5 nitrogen and oxygen atoms in total. The van der Waals surface area contributed by atoms with Gasteiger partial charge < -0.3 is 5.73 Å². The van der Waals surface area contributed by atoms with Gasteiger partial charge in [0.25, 0.3) is 5.56 Å². The zero-order chi connectivity index (χ0) is 17.4. The van der Waals surface area contributed by atoms with Crippen molar-refractivity contribution >= 4 is 43.4 Å². The maximum absolute atomic E-state index is 13.0. The van der Waals surface area contributed by atoms with E-state index in [9.17, 15) is 9.59 Å². The normalized spacial score (nSPS) is 12.5. The summed E-state index contributed by atoms with van der Waals surface area (Å²) in [4.78, 5) is 29.6. The number of carbonyl (C=O) groups is 1. The van der Waals surface area contributed by atoms with Crippen LogP contribution in [0.5, 0.6) is 0 Å². The van der Waals surface area contributed by atoms with Crippen LogP contribution >= 0.6 is 27.3 Å². The molecule has 0 aliphatic carbocycles. The van der Waals surface area contributed by atoms with Crippen molar-refractivity contribution in [3.8, 4) is 11.1 Å². The Labute approximate surface area is 151 Å². The molecule has 0 aliphatic rings. The molecule has 0 spiro atoms. The van der Waals surface area contributed by atoms with Crippen LogP contribution in [0.15, 0.2) is 39.2 Å². The zero-order valence-electron chi connectivity index (χ0n) is 13.2. The number of aromatic nitrogens is 2. The summed E-state index contributed by atoms with van der Waals surface area (Å²) >= 11 is 4.96. The Bertz CT molecular complexity index is 993. The van der Waals surface area contributed by atoms with Crippen LogP contribution in [0.4, 0.5) is 0 Å². The summed E-state index contributed by atoms with van der Waals surface area (Å²) in [6.07, 6.45) is 1.85. The molecule has 1 atom stereocenters. The fraction of sp³-hybridized carbons (Fsp3) is 0.235. The largest absolute Gasteiger partial charge is 0.368 e. The van der Waals surface area contributed by atoms with Gasteiger partial charge in [-0.1, -0.05) is 40.5 Å². The van der Waals surface area contributed by atoms with Gasteiger partial charge in [0.2, 0.25) is 5.91 Å². The van der Waals surface area contributed by atoms with Crippen molar-refractivity contribution in [1.82, 2.24) is 9.55 Å². The Morgan fingerprint density at radius 2 is 2.17 bits per heavy atom. The second-order valence-electron chi connectivity index (χ2n) is 5.60. The van der Waals surface area contributed by atoms with E-state index < -0.39 is 11.9 Å². The highest BCUT2D eigenvalue weighted by atomic mass is 79.9. The second kappa shape index (κ2) is 6.49. The van der Waals surface area contributed by atoms with Crippen molar-refractivity contribution < 1.29 is 4.79 Å². The molecule has 1 amide bonds. The molecule has 0 saturated carbocycles. The van der Waals surface area contributed by atoms with Crippen LogP contribution in [0.1, 0.15) is 24.9 Å². The van der Waals surface area contributed by atoms with Crippen LogP contribution in [0.2, 0.25) is 0 Å². The number of hydrogen-bond acceptors (Lipinski definition) is 4. The van der Waals surface area contributed by atoms with E-state index in [-0.39, 0.29) is 5.56 Å². The standard InChI is InChI=1S/C17H16BrN3O2S/c1-3-13(15(19)22)21-8-20-16-14(17(21)23)11(7-24-16)10-6-9(2)4-5-12(10)18/h4-8,13H,3H2,1-2H3,(H2,19,22). The first-order valence-electron chi connectivity index (χ1n) is 7.48. The van der Waals surface area contributed by atoms with E-state index in [4.69, 9.17) is 5.73 Å². The van der Waals surface area contributed by atoms with Gasteiger partial charge in [-0.2, -0.15) is 0 Å². The molecule has 0 saturated heterocycles. The summed E-state index contributed by atoms with van der Waals surface area (Å²) in [5.41, 5.74) is 8.04. The molecule has 3 rings (SSSR count). The van der Waals surface area contributed by atoms with Gasteiger partial charge in [-0.25, -0.2) is 4.98 Å². The van der Waals surface area contributed by atoms with E-state index >= 15 is 0 Å². The molecule has 1 aromatic carbocycles. The van der Waals surface area contributed by atoms with Crippen molar-refractivity contribution in [2.75, 3.05) is 0 Å². The number of amides is 1. The molecule has 3 aromatic rings. The molecule has 0 bridgehead atoms. The lowest BCUT2D eigenvalue weighted by Gasteiger charge is -2.14. The molecule has 0 radical (unpaired) electrons. The van der Waals surface area contributed by atoms with Crippen molar-refractivity contribution in [3.05, 3.63) is 50.3 Å². The minimum absolute atomic E-state index is 0.240. The minimum Gasteiger partial charge on any atom is -0.368 e. The Kier molecular flexibility index (Phi) is 4.56. The van der Waals surface area contributed by atoms with Crippen LogP contribution < -0.4 is 11.3 Å². The average Bonchev–Trinajstić information content (AvgIpc) is 2.97. The fourth-order valence-corrected chi connectivity index (χ4v) is 4.10. The summed E-state index contributed by atoms with van der Waals surface area (Å²) < 4.78 is 2.24. The highest BCUT2D eigenvalue weighted by Gasteiger charge is 2.21. The quantitative estimate of drug-likeness (QED) is 0.719. The molecule has 7 heteroatoms. The highest BCUT2D eigenvalue weighted by Crippen LogP contribution is 2.35. The maximum Gasteiger partial charge on any atom is 0.263 e. The number of aryl methyl sites for hydroxylation is 1. The van der Waals surface area contributed by atoms with E-state index in [2.05, 4.69) is 20.9 Å². The van der Waals surface area contributed by atoms with Gasteiger partial charge in [0.1, 0.15) is 10.9 Å². The van der Waals surface area contributed by atoms with E-state index in [1.165, 1.54) is 22.2 Å². The predicted molar refractivity (Wildman–Crippen MR) is 100 cm³/mol. The van der Waals surface area contributed by atoms with Gasteiger partial charge in [-0.15, -0.1) is 11.3 Å². The smallest absolute Gasteiger partial charge is 0.263 e. The number of hydrogen-bond donors (Lipinski definition) is 1. The molecular weight excluding hydrogens is 390 g/mol. The molecule has 2 aromatic heterocycles. The second-order valence-corrected chi connectivity index (χ2v) is 7.31. The highest BCUT2D eigenvalue weighted by molar-refractivity contribution is 9.10. The first-order valence-corrected chi connectivity index (χ1v) is 9.15. The van der Waals surface area contributed by atoms with Gasteiger partial charge >= 0.3 is 0 Å². The molecule has 1 unspecified atom stereocenters. The molecule has 0 aliphatic heterocycles. The van der Waals surface area contributed by atoms with Crippen molar-refractivity contribution in [1.29, 1.82) is 0 Å². The summed E-state index contributed by atoms with van der Waals surface area (Å²) in [6.45, 7) is 3.82. The third-order valence-electron chi connectivity index (χ3n) is 3.98. The average molecular weight is 406 g/mol. The number of carbonyl (C=O) groups excluding carboxylic acids is 1. The Hall–Kier alpha value is -1.99. The van der Waals surface area contributed by atoms with Gasteiger partial charge in [0, 0.05) is 15.4 Å². The molecule has 2 heterocycles. The number of benzene rings is 1. The van der Waals surface area contributed by atoms with Crippen LogP contribution in [-0.4, -0.2) is 15.5 Å². The van der Waals surface area contributed by atoms with Crippen molar-refractivity contribution in [2.24, 2.45) is 5.73 Å². The number of nitrogens with two attached hydrogens (primary N) is 1. The third-order valence-corrected chi connectivity index (χ3v) is 5.56. The van der Waals surface area contributed by atoms with E-state index in [1.807, 2.05) is 37.4 Å². The van der Waals surface area contributed by atoms with Crippen LogP contribution in [0.25, 0.3) is 21.3 Å². The number of thiophene rings is 1. The van der Waals surface area contributed by atoms with Crippen LogP contribution in [0, 0.1) is 6.92 Å². The first kappa shape index (κ1) is 16.9. The summed E-state index contributed by atoms with van der Waals surface area (Å²) in [6, 6.07) is 5.29. The van der Waals surface area contributed by atoms with Crippen LogP contribution in [0.3, 0.4) is 0 Å². The first-order chi connectivity index (χ1) is 11.4. The van der Waals surface area contributed by atoms with Gasteiger partial charge in [0.15, 0.2) is 0 Å².